The molecule has 6 rings (SSSR count). The number of rotatable bonds is 3. The molecular weight excluding hydrogens is 404 g/mol. The molecule has 0 aliphatic carbocycles. The van der Waals surface area contributed by atoms with E-state index >= 15 is 0 Å². The Hall–Kier alpha value is -4.06. The first-order chi connectivity index (χ1) is 15.6. The zero-order valence-corrected chi connectivity index (χ0v) is 17.7. The minimum Gasteiger partial charge on any atom is -0.454 e. The summed E-state index contributed by atoms with van der Waals surface area (Å²) < 4.78 is 21.9. The molecule has 6 heteroatoms. The molecule has 2 aliphatic rings. The molecule has 2 aliphatic heterocycles. The van der Waals surface area contributed by atoms with E-state index in [1.807, 2.05) is 50.2 Å². The van der Waals surface area contributed by atoms with Crippen LogP contribution in [-0.4, -0.2) is 25.0 Å². The van der Waals surface area contributed by atoms with E-state index in [-0.39, 0.29) is 13.6 Å². The molecule has 32 heavy (non-hydrogen) atoms. The van der Waals surface area contributed by atoms with Crippen LogP contribution in [0.25, 0.3) is 21.5 Å². The van der Waals surface area contributed by atoms with Gasteiger partial charge in [0.25, 0.3) is 0 Å². The Labute approximate surface area is 184 Å². The number of benzene rings is 4. The van der Waals surface area contributed by atoms with Crippen LogP contribution >= 0.6 is 0 Å². The van der Waals surface area contributed by atoms with E-state index in [2.05, 4.69) is 34.5 Å². The van der Waals surface area contributed by atoms with Crippen LogP contribution in [0.4, 0.5) is 0 Å². The van der Waals surface area contributed by atoms with Gasteiger partial charge in [-0.3, -0.25) is 0 Å². The van der Waals surface area contributed by atoms with Crippen LogP contribution in [0, 0.1) is 0 Å². The molecule has 0 saturated carbocycles. The molecule has 4 aromatic rings. The maximum absolute atomic E-state index is 5.50. The molecule has 0 atom stereocenters. The molecule has 0 aromatic heterocycles. The number of fused-ring (bicyclic) bond motifs is 4. The maximum atomic E-state index is 5.50. The first-order valence-electron chi connectivity index (χ1n) is 10.4. The molecule has 6 nitrogen and oxygen atoms in total. The first-order valence-corrected chi connectivity index (χ1v) is 10.4. The standard InChI is InChI=1S/C26H20N2O4/c1-15(17-3-5-19-9-23-25(31-13-29-23)11-21(19)7-17)27-28-16(2)18-4-6-20-10-24-26(32-14-30-24)12-22(20)8-18/h3-12H,13-14H2,1-2H3/b27-15-,28-16-. The lowest BCUT2D eigenvalue weighted by atomic mass is 10.0. The monoisotopic (exact) mass is 424 g/mol. The first kappa shape index (κ1) is 18.7. The highest BCUT2D eigenvalue weighted by Crippen LogP contribution is 2.37. The van der Waals surface area contributed by atoms with Crippen LogP contribution in [0.1, 0.15) is 25.0 Å². The number of nitrogens with zero attached hydrogens (tertiary/aromatic N) is 2. The predicted molar refractivity (Wildman–Crippen MR) is 125 cm³/mol. The third-order valence-corrected chi connectivity index (χ3v) is 5.85. The molecule has 2 heterocycles. The summed E-state index contributed by atoms with van der Waals surface area (Å²) in [6.45, 7) is 4.47. The van der Waals surface area contributed by atoms with Gasteiger partial charge in [-0.05, 0) is 82.9 Å². The van der Waals surface area contributed by atoms with Crippen molar-refractivity contribution in [3.63, 3.8) is 0 Å². The maximum Gasteiger partial charge on any atom is 0.231 e. The van der Waals surface area contributed by atoms with Gasteiger partial charge in [-0.1, -0.05) is 24.3 Å². The summed E-state index contributed by atoms with van der Waals surface area (Å²) in [5.41, 5.74) is 3.71. The Balaban J connectivity index is 1.30. The van der Waals surface area contributed by atoms with Crippen molar-refractivity contribution in [2.45, 2.75) is 13.8 Å². The highest BCUT2D eigenvalue weighted by atomic mass is 16.7. The fourth-order valence-corrected chi connectivity index (χ4v) is 3.99. The average Bonchev–Trinajstić information content (AvgIpc) is 3.46. The summed E-state index contributed by atoms with van der Waals surface area (Å²) in [5.74, 6) is 3.12. The smallest absolute Gasteiger partial charge is 0.231 e. The minimum atomic E-state index is 0.269. The van der Waals surface area contributed by atoms with Crippen molar-refractivity contribution < 1.29 is 18.9 Å². The van der Waals surface area contributed by atoms with Crippen molar-refractivity contribution in [2.75, 3.05) is 13.6 Å². The van der Waals surface area contributed by atoms with Gasteiger partial charge in [0, 0.05) is 0 Å². The Kier molecular flexibility index (Phi) is 4.24. The Morgan fingerprint density at radius 2 is 0.906 bits per heavy atom. The van der Waals surface area contributed by atoms with E-state index in [0.717, 1.165) is 67.1 Å². The predicted octanol–water partition coefficient (Wildman–Crippen LogP) is 5.68. The lowest BCUT2D eigenvalue weighted by molar-refractivity contribution is 0.173. The van der Waals surface area contributed by atoms with Gasteiger partial charge in [0.2, 0.25) is 13.6 Å². The van der Waals surface area contributed by atoms with E-state index < -0.39 is 0 Å². The zero-order chi connectivity index (χ0) is 21.7. The van der Waals surface area contributed by atoms with E-state index in [1.54, 1.807) is 0 Å². The van der Waals surface area contributed by atoms with Gasteiger partial charge in [0.1, 0.15) is 0 Å². The van der Waals surface area contributed by atoms with E-state index in [9.17, 15) is 0 Å². The molecule has 0 spiro atoms. The van der Waals surface area contributed by atoms with Crippen molar-refractivity contribution in [1.82, 2.24) is 0 Å². The second kappa shape index (κ2) is 7.27. The highest BCUT2D eigenvalue weighted by molar-refractivity contribution is 6.05. The van der Waals surface area contributed by atoms with Gasteiger partial charge in [0.05, 0.1) is 11.4 Å². The fraction of sp³-hybridized carbons (Fsp3) is 0.154. The molecule has 0 unspecified atom stereocenters. The molecule has 0 N–H and O–H groups in total. The molecule has 0 saturated heterocycles. The van der Waals surface area contributed by atoms with Crippen molar-refractivity contribution in [1.29, 1.82) is 0 Å². The summed E-state index contributed by atoms with van der Waals surface area (Å²) in [6.07, 6.45) is 0. The average molecular weight is 424 g/mol. The summed E-state index contributed by atoms with van der Waals surface area (Å²) in [5, 5.41) is 13.3. The molecule has 0 fully saturated rings. The van der Waals surface area contributed by atoms with Crippen molar-refractivity contribution in [3.8, 4) is 23.0 Å². The van der Waals surface area contributed by atoms with Crippen LogP contribution in [-0.2, 0) is 0 Å². The summed E-state index contributed by atoms with van der Waals surface area (Å²) in [7, 11) is 0. The summed E-state index contributed by atoms with van der Waals surface area (Å²) in [4.78, 5) is 0. The highest BCUT2D eigenvalue weighted by Gasteiger charge is 2.15. The largest absolute Gasteiger partial charge is 0.454 e. The van der Waals surface area contributed by atoms with Crippen LogP contribution < -0.4 is 18.9 Å². The fourth-order valence-electron chi connectivity index (χ4n) is 3.99. The number of hydrogen-bond donors (Lipinski definition) is 0. The minimum absolute atomic E-state index is 0.269. The lowest BCUT2D eigenvalue weighted by Gasteiger charge is -2.06. The zero-order valence-electron chi connectivity index (χ0n) is 17.7. The number of hydrogen-bond acceptors (Lipinski definition) is 6. The van der Waals surface area contributed by atoms with Gasteiger partial charge in [-0.2, -0.15) is 10.2 Å². The van der Waals surface area contributed by atoms with Gasteiger partial charge in [0.15, 0.2) is 23.0 Å². The van der Waals surface area contributed by atoms with Crippen LogP contribution in [0.15, 0.2) is 70.9 Å². The van der Waals surface area contributed by atoms with Crippen molar-refractivity contribution in [2.24, 2.45) is 10.2 Å². The van der Waals surface area contributed by atoms with Gasteiger partial charge in [-0.15, -0.1) is 0 Å². The lowest BCUT2D eigenvalue weighted by Crippen LogP contribution is -1.97. The SMILES string of the molecule is C/C(=N/N=C(/C)c1ccc2cc3c(cc2c1)OCO3)c1ccc2cc3c(cc2c1)OCO3. The van der Waals surface area contributed by atoms with Crippen molar-refractivity contribution >= 4 is 33.0 Å². The summed E-state index contributed by atoms with van der Waals surface area (Å²) in [6, 6.07) is 20.4. The van der Waals surface area contributed by atoms with E-state index in [0.29, 0.717) is 0 Å². The van der Waals surface area contributed by atoms with Gasteiger partial charge in [-0.25, -0.2) is 0 Å². The third-order valence-electron chi connectivity index (χ3n) is 5.85. The van der Waals surface area contributed by atoms with Crippen molar-refractivity contribution in [3.05, 3.63) is 71.8 Å². The molecule has 0 bridgehead atoms. The molecule has 158 valence electrons. The van der Waals surface area contributed by atoms with E-state index in [4.69, 9.17) is 18.9 Å². The van der Waals surface area contributed by atoms with E-state index in [1.165, 1.54) is 0 Å². The summed E-state index contributed by atoms with van der Waals surface area (Å²) >= 11 is 0. The van der Waals surface area contributed by atoms with Crippen LogP contribution in [0.2, 0.25) is 0 Å². The Morgan fingerprint density at radius 3 is 1.31 bits per heavy atom. The second-order valence-electron chi connectivity index (χ2n) is 7.91. The molecule has 0 amide bonds. The molecule has 4 aromatic carbocycles. The van der Waals surface area contributed by atoms with Crippen LogP contribution in [0.3, 0.4) is 0 Å². The molecule has 0 radical (unpaired) electrons. The topological polar surface area (TPSA) is 61.6 Å². The normalized spacial score (nSPS) is 15.1. The van der Waals surface area contributed by atoms with Crippen LogP contribution in [0.5, 0.6) is 23.0 Å². The quantitative estimate of drug-likeness (QED) is 0.313. The van der Waals surface area contributed by atoms with Gasteiger partial charge < -0.3 is 18.9 Å². The Bertz CT molecular complexity index is 1340. The Morgan fingerprint density at radius 1 is 0.531 bits per heavy atom. The number of ether oxygens (including phenoxy) is 4. The van der Waals surface area contributed by atoms with Gasteiger partial charge >= 0.3 is 0 Å². The third kappa shape index (κ3) is 3.21. The second-order valence-corrected chi connectivity index (χ2v) is 7.91. The molecular formula is C26H20N2O4.